The molecule has 0 aromatic carbocycles. The summed E-state index contributed by atoms with van der Waals surface area (Å²) in [4.78, 5) is 62.3. The number of hydrogen-bond acceptors (Lipinski definition) is 9. The smallest absolute Gasteiger partial charge is 0.343 e. The van der Waals surface area contributed by atoms with Crippen molar-refractivity contribution in [3.63, 3.8) is 0 Å². The molecular formula is C31H44O9. The Balaban J connectivity index is 1.75. The number of hydrogen-bond donors (Lipinski definition) is 2. The largest absolute Gasteiger partial charge is 0.456 e. The summed E-state index contributed by atoms with van der Waals surface area (Å²) in [5, 5.41) is 23.3. The second-order valence-electron chi connectivity index (χ2n) is 14.3. The zero-order valence-electron chi connectivity index (χ0n) is 25.1. The standard InChI is InChI=1S/C31H44O9/c1-17(32)38-26(2,3)13-12-22(34)31(9,37)25-20(33)15-28(6)21-11-10-18-19(14-24(36)39-40-27(18,4)5)30(21,8)23(35)16-29(25,28)7/h10,12-13,19-21,25,33,37H,11,14-16H2,1-9H3. The first-order valence-electron chi connectivity index (χ1n) is 14.1. The van der Waals surface area contributed by atoms with Crippen LogP contribution in [0.5, 0.6) is 0 Å². The number of aliphatic hydroxyl groups is 2. The van der Waals surface area contributed by atoms with Crippen LogP contribution in [0, 0.1) is 34.0 Å². The lowest BCUT2D eigenvalue weighted by atomic mass is 9.39. The number of Topliss-reactive ketones (excluding diaryl/α,β-unsaturated/α-hetero) is 1. The minimum Gasteiger partial charge on any atom is -0.456 e. The van der Waals surface area contributed by atoms with Crippen LogP contribution in [0.4, 0.5) is 0 Å². The number of fused-ring (bicyclic) bond motifs is 5. The van der Waals surface area contributed by atoms with E-state index in [2.05, 4.69) is 0 Å². The van der Waals surface area contributed by atoms with E-state index >= 15 is 0 Å². The number of ketones is 2. The van der Waals surface area contributed by atoms with Gasteiger partial charge in [-0.2, -0.15) is 4.89 Å². The molecule has 8 unspecified atom stereocenters. The Morgan fingerprint density at radius 2 is 1.73 bits per heavy atom. The SMILES string of the molecule is CC(=O)OC(C)(C)C=CC(=O)C(C)(O)C1C(O)CC2(C)C3CC=C4C(CC(=O)OOC4(C)C)C3(C)C(=O)CC12C. The zero-order chi connectivity index (χ0) is 30.3. The Kier molecular flexibility index (Phi) is 7.13. The number of ether oxygens (including phenoxy) is 1. The summed E-state index contributed by atoms with van der Waals surface area (Å²) >= 11 is 0. The van der Waals surface area contributed by atoms with E-state index in [0.29, 0.717) is 6.42 Å². The van der Waals surface area contributed by atoms with Crippen molar-refractivity contribution in [2.75, 3.05) is 0 Å². The molecule has 0 spiro atoms. The molecule has 0 aromatic rings. The monoisotopic (exact) mass is 560 g/mol. The first-order chi connectivity index (χ1) is 18.1. The lowest BCUT2D eigenvalue weighted by Crippen LogP contribution is -2.64. The fourth-order valence-electron chi connectivity index (χ4n) is 8.83. The minimum atomic E-state index is -2.00. The Morgan fingerprint density at radius 3 is 2.33 bits per heavy atom. The van der Waals surface area contributed by atoms with Gasteiger partial charge in [0.25, 0.3) is 0 Å². The van der Waals surface area contributed by atoms with Crippen LogP contribution in [0.25, 0.3) is 0 Å². The van der Waals surface area contributed by atoms with Crippen molar-refractivity contribution < 1.29 is 43.9 Å². The molecule has 0 bridgehead atoms. The maximum Gasteiger partial charge on any atom is 0.343 e. The molecule has 222 valence electrons. The van der Waals surface area contributed by atoms with Crippen LogP contribution in [-0.4, -0.2) is 56.6 Å². The summed E-state index contributed by atoms with van der Waals surface area (Å²) < 4.78 is 5.23. The molecule has 0 aromatic heterocycles. The second-order valence-corrected chi connectivity index (χ2v) is 14.3. The van der Waals surface area contributed by atoms with Gasteiger partial charge >= 0.3 is 11.9 Å². The van der Waals surface area contributed by atoms with Crippen molar-refractivity contribution in [3.8, 4) is 0 Å². The summed E-state index contributed by atoms with van der Waals surface area (Å²) in [5.74, 6) is -3.37. The predicted molar refractivity (Wildman–Crippen MR) is 144 cm³/mol. The summed E-state index contributed by atoms with van der Waals surface area (Å²) in [5.41, 5.74) is -5.61. The molecule has 3 fully saturated rings. The third-order valence-electron chi connectivity index (χ3n) is 10.9. The summed E-state index contributed by atoms with van der Waals surface area (Å²) in [6, 6.07) is 0. The summed E-state index contributed by atoms with van der Waals surface area (Å²) in [6.45, 7) is 15.4. The minimum absolute atomic E-state index is 0.00585. The van der Waals surface area contributed by atoms with Crippen molar-refractivity contribution in [1.82, 2.24) is 0 Å². The van der Waals surface area contributed by atoms with Gasteiger partial charge < -0.3 is 14.9 Å². The Labute approximate surface area is 236 Å². The number of carbonyl (C=O) groups is 4. The average Bonchev–Trinajstić information content (AvgIpc) is 2.92. The van der Waals surface area contributed by atoms with E-state index < -0.39 is 68.7 Å². The van der Waals surface area contributed by atoms with E-state index in [4.69, 9.17) is 14.5 Å². The van der Waals surface area contributed by atoms with E-state index in [1.54, 1.807) is 13.8 Å². The van der Waals surface area contributed by atoms with Gasteiger partial charge in [0.15, 0.2) is 5.78 Å². The molecule has 0 amide bonds. The van der Waals surface area contributed by atoms with Gasteiger partial charge in [-0.3, -0.25) is 19.3 Å². The fourth-order valence-corrected chi connectivity index (χ4v) is 8.83. The lowest BCUT2D eigenvalue weighted by Gasteiger charge is -2.63. The first-order valence-corrected chi connectivity index (χ1v) is 14.1. The van der Waals surface area contributed by atoms with E-state index in [-0.39, 0.29) is 31.0 Å². The second kappa shape index (κ2) is 9.33. The molecule has 3 aliphatic carbocycles. The van der Waals surface area contributed by atoms with Crippen LogP contribution in [0.1, 0.15) is 88.0 Å². The van der Waals surface area contributed by atoms with Crippen molar-refractivity contribution in [2.45, 2.75) is 111 Å². The molecule has 9 nitrogen and oxygen atoms in total. The van der Waals surface area contributed by atoms with Crippen molar-refractivity contribution in [1.29, 1.82) is 0 Å². The normalized spacial score (nSPS) is 40.6. The van der Waals surface area contributed by atoms with Crippen molar-refractivity contribution in [3.05, 3.63) is 23.8 Å². The third-order valence-corrected chi connectivity index (χ3v) is 10.9. The topological polar surface area (TPSA) is 136 Å². The van der Waals surface area contributed by atoms with Crippen LogP contribution in [-0.2, 0) is 33.7 Å². The average molecular weight is 561 g/mol. The van der Waals surface area contributed by atoms with Gasteiger partial charge in [-0.25, -0.2) is 4.79 Å². The number of carbonyl (C=O) groups excluding carboxylic acids is 4. The van der Waals surface area contributed by atoms with Crippen LogP contribution >= 0.6 is 0 Å². The van der Waals surface area contributed by atoms with Crippen LogP contribution < -0.4 is 0 Å². The van der Waals surface area contributed by atoms with E-state index in [1.165, 1.54) is 26.0 Å². The molecule has 4 rings (SSSR count). The molecule has 0 radical (unpaired) electrons. The van der Waals surface area contributed by atoms with Gasteiger partial charge in [0, 0.05) is 30.6 Å². The Bertz CT molecular complexity index is 1190. The highest BCUT2D eigenvalue weighted by molar-refractivity contribution is 5.97. The molecule has 1 aliphatic heterocycles. The molecule has 1 heterocycles. The first kappa shape index (κ1) is 30.6. The Hall–Kier alpha value is -2.36. The maximum atomic E-state index is 14.3. The number of aliphatic hydroxyl groups excluding tert-OH is 1. The van der Waals surface area contributed by atoms with E-state index in [0.717, 1.165) is 5.57 Å². The van der Waals surface area contributed by atoms with Crippen LogP contribution in [0.3, 0.4) is 0 Å². The molecule has 2 saturated carbocycles. The lowest BCUT2D eigenvalue weighted by molar-refractivity contribution is -0.311. The van der Waals surface area contributed by atoms with Gasteiger partial charge in [0.2, 0.25) is 0 Å². The van der Waals surface area contributed by atoms with Crippen molar-refractivity contribution >= 4 is 23.5 Å². The van der Waals surface area contributed by atoms with Gasteiger partial charge in [-0.15, -0.1) is 0 Å². The zero-order valence-corrected chi connectivity index (χ0v) is 25.1. The molecule has 1 saturated heterocycles. The molecule has 2 N–H and O–H groups in total. The van der Waals surface area contributed by atoms with Crippen LogP contribution in [0.15, 0.2) is 23.8 Å². The highest BCUT2D eigenvalue weighted by atomic mass is 17.2. The highest BCUT2D eigenvalue weighted by Gasteiger charge is 2.74. The van der Waals surface area contributed by atoms with Crippen molar-refractivity contribution in [2.24, 2.45) is 34.0 Å². The predicted octanol–water partition coefficient (Wildman–Crippen LogP) is 3.80. The molecular weight excluding hydrogens is 516 g/mol. The van der Waals surface area contributed by atoms with Crippen LogP contribution in [0.2, 0.25) is 0 Å². The summed E-state index contributed by atoms with van der Waals surface area (Å²) in [7, 11) is 0. The summed E-state index contributed by atoms with van der Waals surface area (Å²) in [6.07, 6.45) is 4.45. The highest BCUT2D eigenvalue weighted by Crippen LogP contribution is 2.73. The van der Waals surface area contributed by atoms with Gasteiger partial charge in [0.05, 0.1) is 12.5 Å². The quantitative estimate of drug-likeness (QED) is 0.223. The van der Waals surface area contributed by atoms with E-state index in [1.807, 2.05) is 40.7 Å². The number of esters is 1. The molecule has 4 aliphatic rings. The maximum absolute atomic E-state index is 14.3. The fraction of sp³-hybridized carbons (Fsp3) is 0.742. The number of allylic oxidation sites excluding steroid dienone is 1. The Morgan fingerprint density at radius 1 is 1.10 bits per heavy atom. The molecule has 8 atom stereocenters. The van der Waals surface area contributed by atoms with Gasteiger partial charge in [-0.05, 0) is 81.9 Å². The van der Waals surface area contributed by atoms with Gasteiger partial charge in [-0.1, -0.05) is 26.8 Å². The van der Waals surface area contributed by atoms with E-state index in [9.17, 15) is 29.4 Å². The molecule has 40 heavy (non-hydrogen) atoms. The van der Waals surface area contributed by atoms with Gasteiger partial charge in [0.1, 0.15) is 22.6 Å². The number of rotatable bonds is 5. The molecule has 9 heteroatoms. The third kappa shape index (κ3) is 4.40.